The number of fused-ring (bicyclic) bond motifs is 3. The van der Waals surface area contributed by atoms with Gasteiger partial charge in [-0.1, -0.05) is 83.0 Å². The summed E-state index contributed by atoms with van der Waals surface area (Å²) in [5, 5.41) is 22.9. The van der Waals surface area contributed by atoms with Crippen molar-refractivity contribution in [3.8, 4) is 0 Å². The van der Waals surface area contributed by atoms with Gasteiger partial charge in [-0.05, 0) is 43.6 Å². The van der Waals surface area contributed by atoms with Gasteiger partial charge >= 0.3 is 12.1 Å². The number of hydrogen-bond donors (Lipinski definition) is 4. The summed E-state index contributed by atoms with van der Waals surface area (Å²) in [6.45, 7) is 12.1. The minimum absolute atomic E-state index is 0. The topological polar surface area (TPSA) is 135 Å². The van der Waals surface area contributed by atoms with Crippen molar-refractivity contribution in [3.63, 3.8) is 0 Å². The molecule has 0 bridgehead atoms. The van der Waals surface area contributed by atoms with Crippen LogP contribution in [0.1, 0.15) is 73.6 Å². The molecule has 6 N–H and O–H groups in total. The van der Waals surface area contributed by atoms with Crippen molar-refractivity contribution in [3.05, 3.63) is 54.7 Å². The standard InChI is InChI=1S/C13H9N.C9H19NO2.C6H12O2.H3N.Pt/c1-2-6-11-10(5-1)9-14-13-8-4-3-7-12(11)13;1-8(2,3)6-9(4,5)10-7(11)12;1-2-3-4-5-6(7)8;;/h1-9H;10H,6H2,1-5H3,(H,11,12);2-5H2,1H3,(H,7,8);1H3;. The number of hydrogen-bond acceptors (Lipinski definition) is 4. The van der Waals surface area contributed by atoms with E-state index in [9.17, 15) is 9.59 Å². The minimum Gasteiger partial charge on any atom is -0.481 e. The zero-order valence-electron chi connectivity index (χ0n) is 22.4. The predicted molar refractivity (Wildman–Crippen MR) is 145 cm³/mol. The Hall–Kier alpha value is -2.50. The van der Waals surface area contributed by atoms with Crippen LogP contribution in [0.25, 0.3) is 21.7 Å². The Morgan fingerprint density at radius 2 is 1.44 bits per heavy atom. The summed E-state index contributed by atoms with van der Waals surface area (Å²) >= 11 is 0. The van der Waals surface area contributed by atoms with Gasteiger partial charge in [0.2, 0.25) is 0 Å². The van der Waals surface area contributed by atoms with Crippen molar-refractivity contribution in [1.29, 1.82) is 0 Å². The summed E-state index contributed by atoms with van der Waals surface area (Å²) in [7, 11) is 0. The molecule has 0 spiro atoms. The van der Waals surface area contributed by atoms with E-state index in [0.717, 1.165) is 31.2 Å². The third-order valence-corrected chi connectivity index (χ3v) is 4.91. The van der Waals surface area contributed by atoms with Crippen LogP contribution >= 0.6 is 0 Å². The van der Waals surface area contributed by atoms with Crippen molar-refractivity contribution >= 4 is 33.7 Å². The summed E-state index contributed by atoms with van der Waals surface area (Å²) in [6, 6.07) is 16.6. The number of unbranched alkanes of at least 4 members (excludes halogenated alkanes) is 2. The number of carboxylic acid groups (broad SMARTS) is 2. The zero-order valence-corrected chi connectivity index (χ0v) is 24.7. The van der Waals surface area contributed by atoms with E-state index in [-0.39, 0.29) is 38.2 Å². The minimum atomic E-state index is -0.954. The van der Waals surface area contributed by atoms with E-state index >= 15 is 0 Å². The van der Waals surface area contributed by atoms with Crippen molar-refractivity contribution in [2.75, 3.05) is 0 Å². The second kappa shape index (κ2) is 17.0. The van der Waals surface area contributed by atoms with Crippen LogP contribution in [0.3, 0.4) is 0 Å². The van der Waals surface area contributed by atoms with Crippen LogP contribution in [0.2, 0.25) is 0 Å². The Bertz CT molecular complexity index is 1010. The quantitative estimate of drug-likeness (QED) is 0.156. The number of carbonyl (C=O) groups is 2. The van der Waals surface area contributed by atoms with Gasteiger partial charge in [0.25, 0.3) is 0 Å². The van der Waals surface area contributed by atoms with Crippen LogP contribution in [-0.4, -0.2) is 32.8 Å². The molecule has 1 heterocycles. The average molecular weight is 681 g/mol. The third-order valence-electron chi connectivity index (χ3n) is 4.91. The van der Waals surface area contributed by atoms with E-state index in [1.807, 2.05) is 38.2 Å². The van der Waals surface area contributed by atoms with E-state index in [0.29, 0.717) is 6.42 Å². The molecule has 0 unspecified atom stereocenters. The Morgan fingerprint density at radius 3 is 1.97 bits per heavy atom. The van der Waals surface area contributed by atoms with Gasteiger partial charge in [-0.2, -0.15) is 0 Å². The molecule has 7 nitrogen and oxygen atoms in total. The number of aliphatic carboxylic acids is 1. The normalized spacial score (nSPS) is 10.5. The molecule has 0 aliphatic heterocycles. The summed E-state index contributed by atoms with van der Waals surface area (Å²) in [4.78, 5) is 24.7. The van der Waals surface area contributed by atoms with Crippen LogP contribution in [0, 0.1) is 5.41 Å². The third kappa shape index (κ3) is 14.8. The smallest absolute Gasteiger partial charge is 0.405 e. The van der Waals surface area contributed by atoms with E-state index < -0.39 is 12.1 Å². The maximum absolute atomic E-state index is 10.4. The van der Waals surface area contributed by atoms with Gasteiger partial charge in [0.1, 0.15) is 0 Å². The first-order chi connectivity index (χ1) is 15.8. The van der Waals surface area contributed by atoms with Gasteiger partial charge in [-0.15, -0.1) is 0 Å². The van der Waals surface area contributed by atoms with Gasteiger partial charge in [-0.25, -0.2) is 4.79 Å². The summed E-state index contributed by atoms with van der Waals surface area (Å²) in [5.74, 6) is -0.682. The maximum Gasteiger partial charge on any atom is 0.405 e. The van der Waals surface area contributed by atoms with Gasteiger partial charge in [-0.3, -0.25) is 9.78 Å². The Kier molecular flexibility index (Phi) is 16.9. The van der Waals surface area contributed by atoms with E-state index in [2.05, 4.69) is 68.3 Å². The molecular formula is C28H43N3O4Pt. The monoisotopic (exact) mass is 680 g/mol. The number of benzene rings is 2. The molecule has 0 saturated heterocycles. The molecule has 1 aromatic heterocycles. The largest absolute Gasteiger partial charge is 0.481 e. The maximum atomic E-state index is 10.4. The molecule has 0 fully saturated rings. The van der Waals surface area contributed by atoms with Gasteiger partial charge in [0.15, 0.2) is 0 Å². The van der Waals surface area contributed by atoms with E-state index in [1.54, 1.807) is 0 Å². The molecule has 36 heavy (non-hydrogen) atoms. The molecule has 0 aliphatic rings. The van der Waals surface area contributed by atoms with Gasteiger partial charge in [0.05, 0.1) is 5.52 Å². The fraction of sp³-hybridized carbons (Fsp3) is 0.464. The first-order valence-electron chi connectivity index (χ1n) is 11.8. The van der Waals surface area contributed by atoms with Crippen molar-refractivity contribution in [2.45, 2.75) is 79.2 Å². The molecule has 1 amide bonds. The van der Waals surface area contributed by atoms with E-state index in [4.69, 9.17) is 10.2 Å². The van der Waals surface area contributed by atoms with Crippen LogP contribution in [0.15, 0.2) is 54.7 Å². The number of pyridine rings is 1. The number of aromatic nitrogens is 1. The molecule has 2 aromatic carbocycles. The molecule has 0 radical (unpaired) electrons. The van der Waals surface area contributed by atoms with E-state index in [1.165, 1.54) is 16.2 Å². The van der Waals surface area contributed by atoms with Gasteiger partial charge in [0, 0.05) is 50.0 Å². The number of carboxylic acids is 1. The molecule has 8 heteroatoms. The van der Waals surface area contributed by atoms with Crippen molar-refractivity contribution in [2.24, 2.45) is 5.41 Å². The molecule has 204 valence electrons. The fourth-order valence-corrected chi connectivity index (χ4v) is 3.99. The second-order valence-corrected chi connectivity index (χ2v) is 10.3. The van der Waals surface area contributed by atoms with Gasteiger partial charge < -0.3 is 21.7 Å². The average Bonchev–Trinajstić information content (AvgIpc) is 2.72. The van der Waals surface area contributed by atoms with Crippen LogP contribution in [0.5, 0.6) is 0 Å². The second-order valence-electron chi connectivity index (χ2n) is 10.3. The zero-order chi connectivity index (χ0) is 25.8. The SMILES string of the molecule is CC(C)(C)CC(C)(C)NC(=O)O.CCCCCC(=O)O.N.[Pt].c1ccc2c(c1)cnc1ccccc12. The number of rotatable bonds is 6. The molecule has 0 saturated carbocycles. The fourth-order valence-electron chi connectivity index (χ4n) is 3.99. The predicted octanol–water partition coefficient (Wildman–Crippen LogP) is 7.67. The van der Waals surface area contributed by atoms with Crippen LogP contribution in [-0.2, 0) is 25.9 Å². The molecule has 3 aromatic rings. The summed E-state index contributed by atoms with van der Waals surface area (Å²) in [5.41, 5.74) is 0.863. The number of nitrogens with one attached hydrogen (secondary N) is 1. The Morgan fingerprint density at radius 1 is 0.889 bits per heavy atom. The molecule has 3 rings (SSSR count). The first kappa shape index (κ1) is 35.7. The Labute approximate surface area is 229 Å². The summed E-state index contributed by atoms with van der Waals surface area (Å²) in [6.07, 6.45) is 5.08. The van der Waals surface area contributed by atoms with Crippen LogP contribution < -0.4 is 11.5 Å². The van der Waals surface area contributed by atoms with Crippen molar-refractivity contribution in [1.82, 2.24) is 16.5 Å². The number of para-hydroxylation sites is 1. The van der Waals surface area contributed by atoms with Crippen LogP contribution in [0.4, 0.5) is 4.79 Å². The first-order valence-corrected chi connectivity index (χ1v) is 11.8. The Balaban J connectivity index is 0. The molecular weight excluding hydrogens is 637 g/mol. The van der Waals surface area contributed by atoms with Crippen molar-refractivity contribution < 1.29 is 40.9 Å². The molecule has 0 aliphatic carbocycles. The number of nitrogens with zero attached hydrogens (tertiary/aromatic N) is 1. The molecule has 0 atom stereocenters. The summed E-state index contributed by atoms with van der Waals surface area (Å²) < 4.78 is 0. The number of amides is 1.